The molecule has 0 fully saturated rings. The number of carbonyl (C=O) groups is 1. The van der Waals surface area contributed by atoms with Crippen LogP contribution in [0.25, 0.3) is 0 Å². The Morgan fingerprint density at radius 3 is 2.53 bits per heavy atom. The fourth-order valence-electron chi connectivity index (χ4n) is 1.37. The summed E-state index contributed by atoms with van der Waals surface area (Å²) < 4.78 is 37.9. The zero-order chi connectivity index (χ0) is 13.1. The Balaban J connectivity index is 2.80. The molecular weight excluding hydrogens is 301 g/mol. The van der Waals surface area contributed by atoms with Crippen LogP contribution in [0.4, 0.5) is 13.2 Å². The van der Waals surface area contributed by atoms with E-state index in [1.807, 2.05) is 0 Å². The highest BCUT2D eigenvalue weighted by Gasteiger charge is 2.30. The van der Waals surface area contributed by atoms with Gasteiger partial charge in [-0.25, -0.2) is 0 Å². The molecule has 0 bridgehead atoms. The molecule has 1 rings (SSSR count). The number of rotatable bonds is 4. The van der Waals surface area contributed by atoms with Gasteiger partial charge in [-0.05, 0) is 36.6 Å². The second-order valence-corrected chi connectivity index (χ2v) is 4.41. The predicted molar refractivity (Wildman–Crippen MR) is 59.7 cm³/mol. The van der Waals surface area contributed by atoms with E-state index in [-0.39, 0.29) is 6.42 Å². The van der Waals surface area contributed by atoms with Crippen molar-refractivity contribution in [1.82, 2.24) is 0 Å². The Morgan fingerprint density at radius 1 is 1.35 bits per heavy atom. The van der Waals surface area contributed by atoms with Gasteiger partial charge in [-0.3, -0.25) is 4.79 Å². The van der Waals surface area contributed by atoms with Gasteiger partial charge in [0.15, 0.2) is 0 Å². The molecule has 0 aliphatic carbocycles. The minimum absolute atomic E-state index is 0.0529. The minimum atomic E-state index is -4.37. The Kier molecular flexibility index (Phi) is 4.56. The van der Waals surface area contributed by atoms with Gasteiger partial charge in [0.1, 0.15) is 0 Å². The normalized spacial score (nSPS) is 11.5. The van der Waals surface area contributed by atoms with Crippen LogP contribution in [-0.4, -0.2) is 11.1 Å². The molecule has 1 aromatic carbocycles. The van der Waals surface area contributed by atoms with Crippen molar-refractivity contribution in [3.05, 3.63) is 33.8 Å². The van der Waals surface area contributed by atoms with E-state index < -0.39 is 17.7 Å². The molecule has 0 aliphatic rings. The van der Waals surface area contributed by atoms with Crippen LogP contribution in [-0.2, 0) is 17.4 Å². The number of halogens is 4. The van der Waals surface area contributed by atoms with Crippen molar-refractivity contribution in [3.63, 3.8) is 0 Å². The lowest BCUT2D eigenvalue weighted by atomic mass is 10.1. The number of hydrogen-bond donors (Lipinski definition) is 1. The van der Waals surface area contributed by atoms with Crippen molar-refractivity contribution in [2.24, 2.45) is 0 Å². The monoisotopic (exact) mass is 310 g/mol. The summed E-state index contributed by atoms with van der Waals surface area (Å²) in [7, 11) is 0. The molecule has 0 saturated carbocycles. The topological polar surface area (TPSA) is 37.3 Å². The van der Waals surface area contributed by atoms with Crippen LogP contribution in [0.15, 0.2) is 22.7 Å². The van der Waals surface area contributed by atoms with Gasteiger partial charge in [0, 0.05) is 10.9 Å². The predicted octanol–water partition coefficient (Wildman–Crippen LogP) is 3.88. The van der Waals surface area contributed by atoms with E-state index in [1.54, 1.807) is 0 Å². The third-order valence-corrected chi connectivity index (χ3v) is 2.98. The summed E-state index contributed by atoms with van der Waals surface area (Å²) in [4.78, 5) is 10.3. The van der Waals surface area contributed by atoms with E-state index in [4.69, 9.17) is 5.11 Å². The minimum Gasteiger partial charge on any atom is -0.481 e. The fraction of sp³-hybridized carbons (Fsp3) is 0.364. The standard InChI is InChI=1S/C11H10BrF3O2/c12-9-5-4-8(11(13,14)15)6-7(9)2-1-3-10(16)17/h4-6H,1-3H2,(H,16,17). The van der Waals surface area contributed by atoms with Crippen molar-refractivity contribution in [2.45, 2.75) is 25.4 Å². The molecule has 0 aliphatic heterocycles. The van der Waals surface area contributed by atoms with Crippen molar-refractivity contribution in [3.8, 4) is 0 Å². The van der Waals surface area contributed by atoms with Gasteiger partial charge in [0.25, 0.3) is 0 Å². The highest BCUT2D eigenvalue weighted by Crippen LogP contribution is 2.32. The summed E-state index contributed by atoms with van der Waals surface area (Å²) in [6.07, 6.45) is -3.81. The highest BCUT2D eigenvalue weighted by atomic mass is 79.9. The van der Waals surface area contributed by atoms with E-state index in [1.165, 1.54) is 6.07 Å². The maximum atomic E-state index is 12.4. The highest BCUT2D eigenvalue weighted by molar-refractivity contribution is 9.10. The Bertz CT molecular complexity index is 416. The van der Waals surface area contributed by atoms with Crippen molar-refractivity contribution in [2.75, 3.05) is 0 Å². The van der Waals surface area contributed by atoms with Crippen LogP contribution < -0.4 is 0 Å². The SMILES string of the molecule is O=C(O)CCCc1cc(C(F)(F)F)ccc1Br. The molecule has 1 N–H and O–H groups in total. The molecule has 0 aromatic heterocycles. The average molecular weight is 311 g/mol. The number of alkyl halides is 3. The number of carboxylic acid groups (broad SMARTS) is 1. The summed E-state index contributed by atoms with van der Waals surface area (Å²) in [5.74, 6) is -0.951. The van der Waals surface area contributed by atoms with Crippen molar-refractivity contribution < 1.29 is 23.1 Å². The second-order valence-electron chi connectivity index (χ2n) is 3.55. The first-order valence-corrected chi connectivity index (χ1v) is 5.67. The first-order valence-electron chi connectivity index (χ1n) is 4.88. The lowest BCUT2D eigenvalue weighted by molar-refractivity contribution is -0.138. The molecule has 94 valence electrons. The Hall–Kier alpha value is -1.04. The van der Waals surface area contributed by atoms with Gasteiger partial charge in [0.2, 0.25) is 0 Å². The molecule has 0 amide bonds. The van der Waals surface area contributed by atoms with E-state index in [0.717, 1.165) is 12.1 Å². The summed E-state index contributed by atoms with van der Waals surface area (Å²) in [6.45, 7) is 0. The third-order valence-electron chi connectivity index (χ3n) is 2.21. The smallest absolute Gasteiger partial charge is 0.416 e. The Morgan fingerprint density at radius 2 is 2.00 bits per heavy atom. The van der Waals surface area contributed by atoms with Crippen LogP contribution in [0.3, 0.4) is 0 Å². The van der Waals surface area contributed by atoms with Gasteiger partial charge in [-0.2, -0.15) is 13.2 Å². The maximum absolute atomic E-state index is 12.4. The summed E-state index contributed by atoms with van der Waals surface area (Å²) >= 11 is 3.15. The molecule has 0 spiro atoms. The molecule has 2 nitrogen and oxygen atoms in total. The summed E-state index contributed by atoms with van der Waals surface area (Å²) in [5.41, 5.74) is -0.243. The number of benzene rings is 1. The van der Waals surface area contributed by atoms with Gasteiger partial charge in [-0.1, -0.05) is 15.9 Å². The van der Waals surface area contributed by atoms with E-state index in [0.29, 0.717) is 22.9 Å². The second kappa shape index (κ2) is 5.53. The molecule has 0 unspecified atom stereocenters. The lowest BCUT2D eigenvalue weighted by Gasteiger charge is -2.10. The molecule has 0 heterocycles. The van der Waals surface area contributed by atoms with E-state index >= 15 is 0 Å². The number of carboxylic acids is 1. The molecule has 0 radical (unpaired) electrons. The first-order chi connectivity index (χ1) is 7.80. The average Bonchev–Trinajstić information content (AvgIpc) is 2.18. The lowest BCUT2D eigenvalue weighted by Crippen LogP contribution is -2.06. The quantitative estimate of drug-likeness (QED) is 0.916. The van der Waals surface area contributed by atoms with Gasteiger partial charge < -0.3 is 5.11 Å². The summed E-state index contributed by atoms with van der Waals surface area (Å²) in [5, 5.41) is 8.45. The maximum Gasteiger partial charge on any atom is 0.416 e. The fourth-order valence-corrected chi connectivity index (χ4v) is 1.82. The van der Waals surface area contributed by atoms with Crippen LogP contribution in [0.5, 0.6) is 0 Å². The van der Waals surface area contributed by atoms with E-state index in [9.17, 15) is 18.0 Å². The van der Waals surface area contributed by atoms with Crippen LogP contribution in [0.2, 0.25) is 0 Å². The molecule has 17 heavy (non-hydrogen) atoms. The largest absolute Gasteiger partial charge is 0.481 e. The van der Waals surface area contributed by atoms with Crippen molar-refractivity contribution in [1.29, 1.82) is 0 Å². The van der Waals surface area contributed by atoms with Gasteiger partial charge >= 0.3 is 12.1 Å². The van der Waals surface area contributed by atoms with Crippen molar-refractivity contribution >= 4 is 21.9 Å². The zero-order valence-electron chi connectivity index (χ0n) is 8.72. The molecule has 1 aromatic rings. The van der Waals surface area contributed by atoms with Crippen LogP contribution in [0.1, 0.15) is 24.0 Å². The zero-order valence-corrected chi connectivity index (χ0v) is 10.3. The van der Waals surface area contributed by atoms with Gasteiger partial charge in [0.05, 0.1) is 5.56 Å². The van der Waals surface area contributed by atoms with Crippen LogP contribution in [0, 0.1) is 0 Å². The van der Waals surface area contributed by atoms with Gasteiger partial charge in [-0.15, -0.1) is 0 Å². The molecule has 0 atom stereocenters. The van der Waals surface area contributed by atoms with E-state index in [2.05, 4.69) is 15.9 Å². The number of aryl methyl sites for hydroxylation is 1. The molecule has 6 heteroatoms. The Labute approximate surface area is 105 Å². The summed E-state index contributed by atoms with van der Waals surface area (Å²) in [6, 6.07) is 3.37. The number of aliphatic carboxylic acids is 1. The number of hydrogen-bond acceptors (Lipinski definition) is 1. The molecule has 0 saturated heterocycles. The van der Waals surface area contributed by atoms with Crippen LogP contribution >= 0.6 is 15.9 Å². The third kappa shape index (κ3) is 4.38. The molecular formula is C11H10BrF3O2. The first kappa shape index (κ1) is 14.0.